The number of nitrogens with zero attached hydrogens (tertiary/aromatic N) is 1. The number of carbonyl (C=O) groups is 1. The number of rotatable bonds is 5. The van der Waals surface area contributed by atoms with Crippen molar-refractivity contribution in [1.29, 1.82) is 0 Å². The molecule has 0 radical (unpaired) electrons. The Morgan fingerprint density at radius 1 is 1.41 bits per heavy atom. The molecule has 1 heterocycles. The zero-order chi connectivity index (χ0) is 16.3. The van der Waals surface area contributed by atoms with Crippen LogP contribution in [0.4, 0.5) is 4.39 Å². The maximum Gasteiger partial charge on any atom is 0.260 e. The summed E-state index contributed by atoms with van der Waals surface area (Å²) < 4.78 is 42.6. The minimum atomic E-state index is -3.46. The molecule has 0 spiro atoms. The number of carbonyl (C=O) groups excluding carboxylic acids is 1. The van der Waals surface area contributed by atoms with Crippen molar-refractivity contribution in [3.8, 4) is 5.75 Å². The second-order valence-corrected chi connectivity index (χ2v) is 6.89. The summed E-state index contributed by atoms with van der Waals surface area (Å²) in [6.07, 6.45) is 0.0199. The molecular weight excluding hydrogens is 315 g/mol. The summed E-state index contributed by atoms with van der Waals surface area (Å²) in [6.45, 7) is -0.178. The van der Waals surface area contributed by atoms with Crippen LogP contribution >= 0.6 is 0 Å². The van der Waals surface area contributed by atoms with Gasteiger partial charge in [-0.1, -0.05) is 0 Å². The number of aliphatic hydroxyl groups is 1. The van der Waals surface area contributed by atoms with Gasteiger partial charge in [-0.05, 0) is 24.3 Å². The van der Waals surface area contributed by atoms with Crippen molar-refractivity contribution in [3.63, 3.8) is 0 Å². The topological polar surface area (TPSA) is 95.9 Å². The fourth-order valence-corrected chi connectivity index (χ4v) is 2.93. The molecule has 0 aliphatic carbocycles. The van der Waals surface area contributed by atoms with Gasteiger partial charge in [0.2, 0.25) is 10.0 Å². The molecule has 1 saturated heterocycles. The van der Waals surface area contributed by atoms with Gasteiger partial charge in [-0.3, -0.25) is 4.79 Å². The number of β-amino-alcohol motifs (C(OH)–C–C–N with tert-alkyl or cyclic N) is 1. The molecule has 1 amide bonds. The lowest BCUT2D eigenvalue weighted by atomic mass is 10.2. The van der Waals surface area contributed by atoms with E-state index < -0.39 is 28.0 Å². The Morgan fingerprint density at radius 2 is 2.05 bits per heavy atom. The monoisotopic (exact) mass is 332 g/mol. The fraction of sp³-hybridized carbons (Fsp3) is 0.462. The Bertz CT molecular complexity index is 634. The summed E-state index contributed by atoms with van der Waals surface area (Å²) in [5, 5.41) is 9.78. The van der Waals surface area contributed by atoms with E-state index in [1.165, 1.54) is 29.2 Å². The third-order valence-electron chi connectivity index (χ3n) is 3.18. The van der Waals surface area contributed by atoms with Crippen molar-refractivity contribution in [2.24, 2.45) is 0 Å². The van der Waals surface area contributed by atoms with Crippen LogP contribution < -0.4 is 9.46 Å². The molecule has 2 atom stereocenters. The summed E-state index contributed by atoms with van der Waals surface area (Å²) in [7, 11) is -3.46. The van der Waals surface area contributed by atoms with Crippen LogP contribution in [0.25, 0.3) is 0 Å². The molecule has 0 unspecified atom stereocenters. The van der Waals surface area contributed by atoms with Crippen molar-refractivity contribution < 1.29 is 27.4 Å². The van der Waals surface area contributed by atoms with Gasteiger partial charge in [0.1, 0.15) is 11.6 Å². The van der Waals surface area contributed by atoms with E-state index in [4.69, 9.17) is 4.74 Å². The van der Waals surface area contributed by atoms with Gasteiger partial charge in [0.05, 0.1) is 18.4 Å². The molecule has 2 N–H and O–H groups in total. The number of nitrogens with one attached hydrogen (secondary N) is 1. The number of halogens is 1. The highest BCUT2D eigenvalue weighted by molar-refractivity contribution is 7.88. The van der Waals surface area contributed by atoms with Crippen LogP contribution in [0.3, 0.4) is 0 Å². The van der Waals surface area contributed by atoms with Gasteiger partial charge >= 0.3 is 0 Å². The van der Waals surface area contributed by atoms with E-state index in [1.807, 2.05) is 0 Å². The Morgan fingerprint density at radius 3 is 2.64 bits per heavy atom. The lowest BCUT2D eigenvalue weighted by Gasteiger charge is -2.16. The first kappa shape index (κ1) is 16.7. The number of hydrogen-bond acceptors (Lipinski definition) is 5. The molecule has 1 fully saturated rings. The number of sulfonamides is 1. The highest BCUT2D eigenvalue weighted by Crippen LogP contribution is 2.14. The van der Waals surface area contributed by atoms with Crippen LogP contribution in [-0.2, 0) is 14.8 Å². The zero-order valence-electron chi connectivity index (χ0n) is 11.9. The molecule has 0 saturated carbocycles. The molecule has 1 aliphatic heterocycles. The van der Waals surface area contributed by atoms with Crippen molar-refractivity contribution in [2.45, 2.75) is 12.1 Å². The summed E-state index contributed by atoms with van der Waals surface area (Å²) in [5.41, 5.74) is 0. The molecule has 2 rings (SSSR count). The Hall–Kier alpha value is -1.71. The van der Waals surface area contributed by atoms with E-state index in [2.05, 4.69) is 4.72 Å². The second-order valence-electron chi connectivity index (χ2n) is 5.11. The fourth-order valence-electron chi connectivity index (χ4n) is 2.15. The summed E-state index contributed by atoms with van der Waals surface area (Å²) in [6, 6.07) is 4.49. The average Bonchev–Trinajstić information content (AvgIpc) is 2.77. The van der Waals surface area contributed by atoms with Gasteiger partial charge in [0, 0.05) is 13.1 Å². The van der Waals surface area contributed by atoms with Gasteiger partial charge in [-0.2, -0.15) is 0 Å². The minimum Gasteiger partial charge on any atom is -0.484 e. The molecule has 22 heavy (non-hydrogen) atoms. The van der Waals surface area contributed by atoms with Crippen LogP contribution in [0.5, 0.6) is 5.75 Å². The average molecular weight is 332 g/mol. The normalized spacial score (nSPS) is 21.9. The highest BCUT2D eigenvalue weighted by Gasteiger charge is 2.35. The summed E-state index contributed by atoms with van der Waals surface area (Å²) >= 11 is 0. The van der Waals surface area contributed by atoms with Crippen molar-refractivity contribution >= 4 is 15.9 Å². The van der Waals surface area contributed by atoms with E-state index in [0.29, 0.717) is 5.75 Å². The first-order valence-electron chi connectivity index (χ1n) is 6.56. The molecule has 1 aliphatic rings. The largest absolute Gasteiger partial charge is 0.484 e. The Labute approximate surface area is 127 Å². The minimum absolute atomic E-state index is 0.0266. The molecule has 9 heteroatoms. The van der Waals surface area contributed by atoms with Gasteiger partial charge in [0.25, 0.3) is 5.91 Å². The molecule has 1 aromatic rings. The lowest BCUT2D eigenvalue weighted by molar-refractivity contribution is -0.132. The smallest absolute Gasteiger partial charge is 0.260 e. The third-order valence-corrected chi connectivity index (χ3v) is 3.91. The Balaban J connectivity index is 1.87. The van der Waals surface area contributed by atoms with Crippen LogP contribution in [0.15, 0.2) is 24.3 Å². The van der Waals surface area contributed by atoms with E-state index in [9.17, 15) is 22.7 Å². The van der Waals surface area contributed by atoms with Crippen molar-refractivity contribution in [1.82, 2.24) is 9.62 Å². The van der Waals surface area contributed by atoms with E-state index in [-0.39, 0.29) is 25.6 Å². The number of aliphatic hydroxyl groups excluding tert-OH is 1. The van der Waals surface area contributed by atoms with E-state index >= 15 is 0 Å². The second kappa shape index (κ2) is 6.59. The third kappa shape index (κ3) is 4.65. The predicted octanol–water partition coefficient (Wildman–Crippen LogP) is -0.675. The maximum atomic E-state index is 12.7. The number of likely N-dealkylation sites (tertiary alicyclic amines) is 1. The van der Waals surface area contributed by atoms with Crippen LogP contribution in [-0.4, -0.2) is 62.4 Å². The number of benzene rings is 1. The first-order valence-corrected chi connectivity index (χ1v) is 8.45. The van der Waals surface area contributed by atoms with E-state index in [0.717, 1.165) is 6.26 Å². The molecule has 0 bridgehead atoms. The molecule has 122 valence electrons. The maximum absolute atomic E-state index is 12.7. The first-order chi connectivity index (χ1) is 10.2. The van der Waals surface area contributed by atoms with Gasteiger partial charge in [-0.25, -0.2) is 17.5 Å². The van der Waals surface area contributed by atoms with Gasteiger partial charge in [-0.15, -0.1) is 0 Å². The summed E-state index contributed by atoms with van der Waals surface area (Å²) in [4.78, 5) is 13.3. The van der Waals surface area contributed by atoms with Gasteiger partial charge in [0.15, 0.2) is 6.61 Å². The quantitative estimate of drug-likeness (QED) is 0.745. The lowest BCUT2D eigenvalue weighted by Crippen LogP contribution is -2.42. The molecule has 0 aromatic heterocycles. The predicted molar refractivity (Wildman–Crippen MR) is 76.2 cm³/mol. The zero-order valence-corrected chi connectivity index (χ0v) is 12.7. The number of ether oxygens (including phenoxy) is 1. The molecule has 1 aromatic carbocycles. The number of hydrogen-bond donors (Lipinski definition) is 2. The summed E-state index contributed by atoms with van der Waals surface area (Å²) in [5.74, 6) is -0.447. The van der Waals surface area contributed by atoms with Crippen LogP contribution in [0, 0.1) is 5.82 Å². The standard InChI is InChI=1S/C13H17FN2O5S/c1-22(19,20)15-11-6-16(7-12(11)17)13(18)8-21-10-4-2-9(14)3-5-10/h2-5,11-12,15,17H,6-8H2,1H3/t11-,12-/m1/s1. The van der Waals surface area contributed by atoms with E-state index in [1.54, 1.807) is 0 Å². The van der Waals surface area contributed by atoms with Crippen molar-refractivity contribution in [3.05, 3.63) is 30.1 Å². The van der Waals surface area contributed by atoms with Gasteiger partial charge < -0.3 is 14.7 Å². The molecule has 7 nitrogen and oxygen atoms in total. The van der Waals surface area contributed by atoms with Crippen molar-refractivity contribution in [2.75, 3.05) is 26.0 Å². The highest BCUT2D eigenvalue weighted by atomic mass is 32.2. The molecular formula is C13H17FN2O5S. The SMILES string of the molecule is CS(=O)(=O)N[C@@H]1CN(C(=O)COc2ccc(F)cc2)C[C@H]1O. The number of amides is 1. The van der Waals surface area contributed by atoms with Crippen LogP contribution in [0.1, 0.15) is 0 Å². The van der Waals surface area contributed by atoms with Crippen LogP contribution in [0.2, 0.25) is 0 Å². The Kier molecular flexibility index (Phi) is 4.99.